The van der Waals surface area contributed by atoms with E-state index in [0.29, 0.717) is 25.9 Å². The molecule has 0 spiro atoms. The van der Waals surface area contributed by atoms with Crippen molar-refractivity contribution in [2.24, 2.45) is 11.8 Å². The summed E-state index contributed by atoms with van der Waals surface area (Å²) >= 11 is 0. The Morgan fingerprint density at radius 3 is 2.06 bits per heavy atom. The van der Waals surface area contributed by atoms with Crippen LogP contribution in [0.15, 0.2) is 41.3 Å². The van der Waals surface area contributed by atoms with Gasteiger partial charge in [0.25, 0.3) is 0 Å². The molecule has 1 N–H and O–H groups in total. The molecule has 0 bridgehead atoms. The SMILES string of the molecule is CC(C)(C)c1ccc(S(=O)(=O)NCCC(=O)N2CC(N3C(=O)C4CC=CCC4C3=O)C2)cc1. The Morgan fingerprint density at radius 1 is 1.00 bits per heavy atom. The molecule has 2 aliphatic heterocycles. The Morgan fingerprint density at radius 2 is 1.55 bits per heavy atom. The molecule has 3 aliphatic rings. The molecular weight excluding hydrogens is 442 g/mol. The average Bonchev–Trinajstić information content (AvgIpc) is 2.98. The average molecular weight is 474 g/mol. The second-order valence-corrected chi connectivity index (χ2v) is 11.8. The summed E-state index contributed by atoms with van der Waals surface area (Å²) in [5, 5.41) is 0. The van der Waals surface area contributed by atoms with Gasteiger partial charge in [-0.25, -0.2) is 13.1 Å². The van der Waals surface area contributed by atoms with E-state index in [0.717, 1.165) is 5.56 Å². The molecule has 8 nitrogen and oxygen atoms in total. The fourth-order valence-electron chi connectivity index (χ4n) is 4.68. The molecule has 2 unspecified atom stereocenters. The van der Waals surface area contributed by atoms with Crippen LogP contribution in [0, 0.1) is 11.8 Å². The van der Waals surface area contributed by atoms with Gasteiger partial charge in [-0.1, -0.05) is 45.1 Å². The fraction of sp³-hybridized carbons (Fsp3) is 0.542. The van der Waals surface area contributed by atoms with Crippen LogP contribution in [0.25, 0.3) is 0 Å². The summed E-state index contributed by atoms with van der Waals surface area (Å²) in [5.41, 5.74) is 0.964. The molecule has 0 saturated carbocycles. The molecular formula is C24H31N3O5S. The summed E-state index contributed by atoms with van der Waals surface area (Å²) in [4.78, 5) is 40.8. The van der Waals surface area contributed by atoms with Gasteiger partial charge in [0.05, 0.1) is 22.8 Å². The van der Waals surface area contributed by atoms with Crippen LogP contribution in [-0.4, -0.2) is 61.6 Å². The first-order chi connectivity index (χ1) is 15.5. The number of hydrogen-bond acceptors (Lipinski definition) is 5. The topological polar surface area (TPSA) is 104 Å². The van der Waals surface area contributed by atoms with E-state index in [9.17, 15) is 22.8 Å². The van der Waals surface area contributed by atoms with Gasteiger partial charge in [-0.15, -0.1) is 0 Å². The predicted octanol–water partition coefficient (Wildman–Crippen LogP) is 1.81. The summed E-state index contributed by atoms with van der Waals surface area (Å²) < 4.78 is 27.5. The number of carbonyl (C=O) groups excluding carboxylic acids is 3. The van der Waals surface area contributed by atoms with Crippen molar-refractivity contribution in [3.05, 3.63) is 42.0 Å². The van der Waals surface area contributed by atoms with Gasteiger partial charge >= 0.3 is 0 Å². The van der Waals surface area contributed by atoms with Gasteiger partial charge in [0.15, 0.2) is 0 Å². The zero-order valence-electron chi connectivity index (χ0n) is 19.3. The maximum atomic E-state index is 12.6. The minimum atomic E-state index is -3.71. The van der Waals surface area contributed by atoms with Gasteiger partial charge in [0, 0.05) is 26.1 Å². The second-order valence-electron chi connectivity index (χ2n) is 10.1. The third kappa shape index (κ3) is 4.61. The van der Waals surface area contributed by atoms with E-state index in [1.807, 2.05) is 12.2 Å². The lowest BCUT2D eigenvalue weighted by Crippen LogP contribution is -2.62. The molecule has 2 heterocycles. The number of benzene rings is 1. The Kier molecular flexibility index (Phi) is 6.22. The van der Waals surface area contributed by atoms with Crippen molar-refractivity contribution in [3.63, 3.8) is 0 Å². The highest BCUT2D eigenvalue weighted by Gasteiger charge is 2.52. The number of imide groups is 1. The van der Waals surface area contributed by atoms with Gasteiger partial charge in [0.1, 0.15) is 0 Å². The van der Waals surface area contributed by atoms with Gasteiger partial charge in [-0.2, -0.15) is 0 Å². The van der Waals surface area contributed by atoms with Crippen molar-refractivity contribution in [2.75, 3.05) is 19.6 Å². The number of fused-ring (bicyclic) bond motifs is 1. The maximum absolute atomic E-state index is 12.6. The van der Waals surface area contributed by atoms with Gasteiger partial charge in [-0.3, -0.25) is 19.3 Å². The molecule has 1 aromatic carbocycles. The van der Waals surface area contributed by atoms with Crippen LogP contribution in [0.3, 0.4) is 0 Å². The fourth-order valence-corrected chi connectivity index (χ4v) is 5.71. The smallest absolute Gasteiger partial charge is 0.240 e. The quantitative estimate of drug-likeness (QED) is 0.501. The van der Waals surface area contributed by atoms with Crippen molar-refractivity contribution < 1.29 is 22.8 Å². The minimum Gasteiger partial charge on any atom is -0.338 e. The molecule has 0 aromatic heterocycles. The molecule has 2 fully saturated rings. The van der Waals surface area contributed by atoms with Crippen LogP contribution >= 0.6 is 0 Å². The van der Waals surface area contributed by atoms with Gasteiger partial charge in [0.2, 0.25) is 27.7 Å². The lowest BCUT2D eigenvalue weighted by Gasteiger charge is -2.43. The standard InChI is InChI=1S/C24H31N3O5S/c1-24(2,3)16-8-10-18(11-9-16)33(31,32)25-13-12-21(28)26-14-17(15-26)27-22(29)19-6-4-5-7-20(19)23(27)30/h4-5,8-11,17,19-20,25H,6-7,12-15H2,1-3H3. The van der Waals surface area contributed by atoms with Crippen LogP contribution in [0.5, 0.6) is 0 Å². The Hall–Kier alpha value is -2.52. The zero-order chi connectivity index (χ0) is 24.0. The molecule has 178 valence electrons. The number of likely N-dealkylation sites (tertiary alicyclic amines) is 2. The molecule has 33 heavy (non-hydrogen) atoms. The van der Waals surface area contributed by atoms with Crippen molar-refractivity contribution in [3.8, 4) is 0 Å². The van der Waals surface area contributed by atoms with Crippen molar-refractivity contribution >= 4 is 27.7 Å². The number of carbonyl (C=O) groups is 3. The second kappa shape index (κ2) is 8.68. The summed E-state index contributed by atoms with van der Waals surface area (Å²) in [6, 6.07) is 6.46. The first-order valence-electron chi connectivity index (χ1n) is 11.4. The highest BCUT2D eigenvalue weighted by molar-refractivity contribution is 7.89. The lowest BCUT2D eigenvalue weighted by molar-refractivity contribution is -0.152. The zero-order valence-corrected chi connectivity index (χ0v) is 20.1. The van der Waals surface area contributed by atoms with Crippen LogP contribution in [0.1, 0.15) is 45.6 Å². The van der Waals surface area contributed by atoms with Crippen molar-refractivity contribution in [2.45, 2.75) is 56.4 Å². The van der Waals surface area contributed by atoms with E-state index in [1.165, 1.54) is 4.90 Å². The van der Waals surface area contributed by atoms with E-state index in [4.69, 9.17) is 0 Å². The Bertz CT molecular complexity index is 1060. The monoisotopic (exact) mass is 473 g/mol. The molecule has 0 radical (unpaired) electrons. The third-order valence-corrected chi connectivity index (χ3v) is 8.26. The molecule has 4 rings (SSSR count). The normalized spacial score (nSPS) is 23.6. The molecule has 2 atom stereocenters. The minimum absolute atomic E-state index is 0.0131. The molecule has 9 heteroatoms. The third-order valence-electron chi connectivity index (χ3n) is 6.78. The summed E-state index contributed by atoms with van der Waals surface area (Å²) in [6.45, 7) is 6.77. The summed E-state index contributed by atoms with van der Waals surface area (Å²) in [7, 11) is -3.71. The summed E-state index contributed by atoms with van der Waals surface area (Å²) in [6.07, 6.45) is 5.11. The van der Waals surface area contributed by atoms with E-state index in [-0.39, 0.29) is 58.9 Å². The van der Waals surface area contributed by atoms with Crippen molar-refractivity contribution in [1.82, 2.24) is 14.5 Å². The number of rotatable bonds is 6. The molecule has 2 saturated heterocycles. The first-order valence-corrected chi connectivity index (χ1v) is 12.9. The highest BCUT2D eigenvalue weighted by Crippen LogP contribution is 2.37. The van der Waals surface area contributed by atoms with E-state index < -0.39 is 10.0 Å². The Balaban J connectivity index is 1.25. The van der Waals surface area contributed by atoms with Crippen LogP contribution in [-0.2, 0) is 29.8 Å². The predicted molar refractivity (Wildman–Crippen MR) is 123 cm³/mol. The van der Waals surface area contributed by atoms with Crippen LogP contribution in [0.2, 0.25) is 0 Å². The van der Waals surface area contributed by atoms with E-state index in [1.54, 1.807) is 29.2 Å². The molecule has 1 aromatic rings. The largest absolute Gasteiger partial charge is 0.338 e. The van der Waals surface area contributed by atoms with Gasteiger partial charge < -0.3 is 4.90 Å². The number of allylic oxidation sites excluding steroid dienone is 2. The van der Waals surface area contributed by atoms with Crippen LogP contribution < -0.4 is 4.72 Å². The molecule has 3 amide bonds. The summed E-state index contributed by atoms with van der Waals surface area (Å²) in [5.74, 6) is -0.984. The number of sulfonamides is 1. The van der Waals surface area contributed by atoms with Gasteiger partial charge in [-0.05, 0) is 36.0 Å². The number of hydrogen-bond donors (Lipinski definition) is 1. The Labute approximate surface area is 195 Å². The number of nitrogens with one attached hydrogen (secondary N) is 1. The van der Waals surface area contributed by atoms with E-state index in [2.05, 4.69) is 25.5 Å². The lowest BCUT2D eigenvalue weighted by atomic mass is 9.85. The first kappa shape index (κ1) is 23.6. The number of nitrogens with zero attached hydrogens (tertiary/aromatic N) is 2. The highest BCUT2D eigenvalue weighted by atomic mass is 32.2. The van der Waals surface area contributed by atoms with E-state index >= 15 is 0 Å². The number of amides is 3. The molecule has 1 aliphatic carbocycles. The maximum Gasteiger partial charge on any atom is 0.240 e. The van der Waals surface area contributed by atoms with Crippen LogP contribution in [0.4, 0.5) is 0 Å². The van der Waals surface area contributed by atoms with Crippen molar-refractivity contribution in [1.29, 1.82) is 0 Å².